The summed E-state index contributed by atoms with van der Waals surface area (Å²) in [6.07, 6.45) is 0.431. The zero-order valence-electron chi connectivity index (χ0n) is 7.46. The fraction of sp³-hybridized carbons (Fsp3) is 0.333. The third-order valence-corrected chi connectivity index (χ3v) is 4.46. The Morgan fingerprint density at radius 3 is 2.29 bits per heavy atom. The van der Waals surface area contributed by atoms with Gasteiger partial charge in [-0.1, -0.05) is 18.2 Å². The molecule has 2 rings (SSSR count). The van der Waals surface area contributed by atoms with Gasteiger partial charge >= 0.3 is 5.37 Å². The van der Waals surface area contributed by atoms with Gasteiger partial charge in [0.1, 0.15) is 0 Å². The summed E-state index contributed by atoms with van der Waals surface area (Å²) < 4.78 is 24.2. The molecule has 1 unspecified atom stereocenters. The summed E-state index contributed by atoms with van der Waals surface area (Å²) in [5, 5.41) is -0.870. The molecule has 1 fully saturated rings. The minimum absolute atomic E-state index is 0.227. The molecule has 4 nitrogen and oxygen atoms in total. The quantitative estimate of drug-likeness (QED) is 0.686. The van der Waals surface area contributed by atoms with Crippen LogP contribution in [0.3, 0.4) is 0 Å². The van der Waals surface area contributed by atoms with E-state index in [0.717, 1.165) is 0 Å². The highest BCUT2D eigenvalue weighted by atomic mass is 32.2. The molecule has 5 heteroatoms. The van der Waals surface area contributed by atoms with Crippen molar-refractivity contribution >= 4 is 9.84 Å². The fourth-order valence-corrected chi connectivity index (χ4v) is 3.10. The first kappa shape index (κ1) is 9.33. The summed E-state index contributed by atoms with van der Waals surface area (Å²) in [4.78, 5) is 11.2. The lowest BCUT2D eigenvalue weighted by atomic mass is 10.3. The van der Waals surface area contributed by atoms with E-state index in [9.17, 15) is 13.3 Å². The first-order valence-corrected chi connectivity index (χ1v) is 5.90. The molecule has 14 heavy (non-hydrogen) atoms. The molecule has 0 bridgehead atoms. The molecule has 0 spiro atoms. The third kappa shape index (κ3) is 1.33. The van der Waals surface area contributed by atoms with Crippen LogP contribution in [0.2, 0.25) is 0 Å². The molecule has 1 saturated heterocycles. The summed E-state index contributed by atoms with van der Waals surface area (Å²) in [5.74, 6) is 0. The number of benzene rings is 1. The average molecular weight is 212 g/mol. The monoisotopic (exact) mass is 212 g/mol. The minimum Gasteiger partial charge on any atom is -0.217 e. The van der Waals surface area contributed by atoms with E-state index in [1.807, 2.05) is 0 Å². The molecule has 1 aliphatic heterocycles. The molecule has 0 N–H and O–H groups in total. The number of hydrogen-bond acceptors (Lipinski definition) is 3. The van der Waals surface area contributed by atoms with Gasteiger partial charge in [-0.3, -0.25) is 0 Å². The topological polar surface area (TPSA) is 54.2 Å². The van der Waals surface area contributed by atoms with E-state index in [2.05, 4.69) is 0 Å². The van der Waals surface area contributed by atoms with Gasteiger partial charge in [-0.25, -0.2) is 8.42 Å². The van der Waals surface area contributed by atoms with Gasteiger partial charge in [-0.2, -0.15) is 0 Å². The average Bonchev–Trinajstić information content (AvgIpc) is 2.16. The lowest BCUT2D eigenvalue weighted by Crippen LogP contribution is -2.44. The lowest BCUT2D eigenvalue weighted by Gasteiger charge is -2.15. The number of nitrogens with zero attached hydrogens (tertiary/aromatic N) is 1. The fourth-order valence-electron chi connectivity index (χ4n) is 1.42. The molecule has 0 aliphatic carbocycles. The Morgan fingerprint density at radius 2 is 1.86 bits per heavy atom. The van der Waals surface area contributed by atoms with Crippen LogP contribution in [-0.2, 0) is 9.84 Å². The van der Waals surface area contributed by atoms with Crippen molar-refractivity contribution in [2.45, 2.75) is 16.7 Å². The number of sulfone groups is 1. The second-order valence-corrected chi connectivity index (χ2v) is 5.35. The number of rotatable bonds is 2. The van der Waals surface area contributed by atoms with E-state index in [1.165, 1.54) is 12.1 Å². The molecule has 74 valence electrons. The Kier molecular flexibility index (Phi) is 2.11. The predicted molar refractivity (Wildman–Crippen MR) is 50.5 cm³/mol. The van der Waals surface area contributed by atoms with Crippen molar-refractivity contribution in [2.75, 3.05) is 6.54 Å². The Balaban J connectivity index is 2.39. The highest BCUT2D eigenvalue weighted by Crippen LogP contribution is 2.24. The van der Waals surface area contributed by atoms with Gasteiger partial charge < -0.3 is 0 Å². The van der Waals surface area contributed by atoms with Gasteiger partial charge in [0.25, 0.3) is 0 Å². The standard InChI is InChI=1S/C9H10NO3S/c11-10-7-6-9(10)14(12,13)8-4-2-1-3-5-8/h1-5,9H,6-7H2/q+1. The maximum Gasteiger partial charge on any atom is 0.309 e. The van der Waals surface area contributed by atoms with E-state index in [4.69, 9.17) is 0 Å². The molecule has 0 amide bonds. The summed E-state index contributed by atoms with van der Waals surface area (Å²) >= 11 is 0. The van der Waals surface area contributed by atoms with E-state index < -0.39 is 15.2 Å². The van der Waals surface area contributed by atoms with Gasteiger partial charge in [-0.05, 0) is 12.1 Å². The zero-order valence-corrected chi connectivity index (χ0v) is 8.28. The summed E-state index contributed by atoms with van der Waals surface area (Å²) in [6.45, 7) is 0.316. The Morgan fingerprint density at radius 1 is 1.21 bits per heavy atom. The highest BCUT2D eigenvalue weighted by molar-refractivity contribution is 7.91. The minimum atomic E-state index is -3.44. The molecule has 1 aromatic rings. The van der Waals surface area contributed by atoms with E-state index in [-0.39, 0.29) is 4.90 Å². The third-order valence-electron chi connectivity index (χ3n) is 2.35. The lowest BCUT2D eigenvalue weighted by molar-refractivity contribution is -0.620. The van der Waals surface area contributed by atoms with Crippen LogP contribution in [0.4, 0.5) is 0 Å². The van der Waals surface area contributed by atoms with Crippen molar-refractivity contribution in [3.05, 3.63) is 35.2 Å². The van der Waals surface area contributed by atoms with Crippen LogP contribution < -0.4 is 0 Å². The molecular formula is C9H10NO3S+. The molecule has 1 aliphatic rings. The molecule has 0 saturated carbocycles. The normalized spacial score (nSPS) is 21.7. The predicted octanol–water partition coefficient (Wildman–Crippen LogP) is 0.969. The van der Waals surface area contributed by atoms with Crippen LogP contribution in [0.1, 0.15) is 6.42 Å². The zero-order chi connectivity index (χ0) is 10.2. The highest BCUT2D eigenvalue weighted by Gasteiger charge is 2.48. The Bertz CT molecular complexity index is 452. The maximum absolute atomic E-state index is 11.8. The Hall–Kier alpha value is -1.23. The smallest absolute Gasteiger partial charge is 0.217 e. The van der Waals surface area contributed by atoms with Gasteiger partial charge in [0.2, 0.25) is 16.4 Å². The van der Waals surface area contributed by atoms with Gasteiger partial charge in [0.15, 0.2) is 0 Å². The molecular weight excluding hydrogens is 202 g/mol. The van der Waals surface area contributed by atoms with E-state index >= 15 is 0 Å². The van der Waals surface area contributed by atoms with E-state index in [1.54, 1.807) is 18.2 Å². The van der Waals surface area contributed by atoms with Gasteiger partial charge in [0.05, 0.1) is 11.3 Å². The molecule has 1 aromatic carbocycles. The van der Waals surface area contributed by atoms with Crippen LogP contribution in [0.15, 0.2) is 35.2 Å². The molecule has 1 atom stereocenters. The van der Waals surface area contributed by atoms with Crippen molar-refractivity contribution in [1.29, 1.82) is 0 Å². The summed E-state index contributed by atoms with van der Waals surface area (Å²) in [6, 6.07) is 8.08. The molecule has 1 heterocycles. The number of hydrogen-bond donors (Lipinski definition) is 0. The second kappa shape index (κ2) is 3.16. The first-order valence-electron chi connectivity index (χ1n) is 4.35. The van der Waals surface area contributed by atoms with Crippen LogP contribution in [0, 0.1) is 4.91 Å². The molecule has 0 radical (unpaired) electrons. The SMILES string of the molecule is O=[N+]1CCC1S(=O)(=O)c1ccccc1. The largest absolute Gasteiger partial charge is 0.309 e. The van der Waals surface area contributed by atoms with Crippen LogP contribution in [-0.4, -0.2) is 25.1 Å². The second-order valence-electron chi connectivity index (χ2n) is 3.24. The van der Waals surface area contributed by atoms with Crippen molar-refractivity contribution in [1.82, 2.24) is 0 Å². The summed E-state index contributed by atoms with van der Waals surface area (Å²) in [5.41, 5.74) is 0. The van der Waals surface area contributed by atoms with Crippen molar-refractivity contribution in [3.63, 3.8) is 0 Å². The van der Waals surface area contributed by atoms with Crippen molar-refractivity contribution in [2.24, 2.45) is 0 Å². The van der Waals surface area contributed by atoms with Gasteiger partial charge in [-0.15, -0.1) is 0 Å². The van der Waals surface area contributed by atoms with Crippen LogP contribution in [0.5, 0.6) is 0 Å². The van der Waals surface area contributed by atoms with E-state index in [0.29, 0.717) is 17.7 Å². The molecule has 0 aromatic heterocycles. The summed E-state index contributed by atoms with van der Waals surface area (Å²) in [7, 11) is -3.44. The van der Waals surface area contributed by atoms with Crippen LogP contribution >= 0.6 is 0 Å². The number of nitroso groups, excluding NO2 is 1. The van der Waals surface area contributed by atoms with Crippen LogP contribution in [0.25, 0.3) is 0 Å². The first-order chi connectivity index (χ1) is 6.62. The van der Waals surface area contributed by atoms with Gasteiger partial charge in [0, 0.05) is 9.67 Å². The Labute approximate surface area is 82.1 Å². The maximum atomic E-state index is 11.8. The van der Waals surface area contributed by atoms with Crippen molar-refractivity contribution < 1.29 is 13.2 Å². The van der Waals surface area contributed by atoms with Crippen molar-refractivity contribution in [3.8, 4) is 0 Å².